The van der Waals surface area contributed by atoms with E-state index in [1.165, 1.54) is 25.7 Å². The van der Waals surface area contributed by atoms with Gasteiger partial charge in [-0.25, -0.2) is 24.3 Å². The largest absolute Gasteiger partial charge is 0.387 e. The first kappa shape index (κ1) is 25.5. The first-order valence-electron chi connectivity index (χ1n) is 14.5. The average molecular weight is 547 g/mol. The second-order valence-electron chi connectivity index (χ2n) is 11.7. The monoisotopic (exact) mass is 546 g/mol. The third kappa shape index (κ3) is 4.75. The van der Waals surface area contributed by atoms with E-state index in [1.807, 2.05) is 28.0 Å². The highest BCUT2D eigenvalue weighted by atomic mass is 19.1. The van der Waals surface area contributed by atoms with Crippen LogP contribution in [0.2, 0.25) is 0 Å². The number of carbonyl (C=O) groups excluding carboxylic acids is 1. The van der Waals surface area contributed by atoms with Gasteiger partial charge in [0.2, 0.25) is 11.9 Å². The highest BCUT2D eigenvalue weighted by Gasteiger charge is 2.41. The van der Waals surface area contributed by atoms with Gasteiger partial charge in [0.1, 0.15) is 17.5 Å². The van der Waals surface area contributed by atoms with Crippen molar-refractivity contribution < 1.29 is 14.3 Å². The Morgan fingerprint density at radius 2 is 1.93 bits per heavy atom. The summed E-state index contributed by atoms with van der Waals surface area (Å²) in [6.07, 6.45) is 6.13. The number of carbonyl (C=O) groups is 1. The Labute approximate surface area is 232 Å². The van der Waals surface area contributed by atoms with E-state index in [-0.39, 0.29) is 12.5 Å². The average Bonchev–Trinajstić information content (AvgIpc) is 3.68. The number of aliphatic hydroxyl groups is 1. The van der Waals surface area contributed by atoms with E-state index in [1.54, 1.807) is 13.1 Å². The predicted octanol–water partition coefficient (Wildman–Crippen LogP) is 3.28. The Kier molecular flexibility index (Phi) is 6.50. The number of hydrogen-bond acceptors (Lipinski definition) is 9. The molecule has 3 saturated heterocycles. The normalized spacial score (nSPS) is 25.0. The van der Waals surface area contributed by atoms with Crippen LogP contribution in [-0.4, -0.2) is 85.2 Å². The molecule has 0 radical (unpaired) electrons. The van der Waals surface area contributed by atoms with Gasteiger partial charge in [-0.2, -0.15) is 0 Å². The van der Waals surface area contributed by atoms with E-state index >= 15 is 0 Å². The molecule has 0 spiro atoms. The quantitative estimate of drug-likeness (QED) is 0.481. The number of halogens is 1. The molecule has 11 heteroatoms. The van der Waals surface area contributed by atoms with Gasteiger partial charge in [-0.05, 0) is 56.7 Å². The molecule has 0 saturated carbocycles. The van der Waals surface area contributed by atoms with Crippen molar-refractivity contribution in [2.45, 2.75) is 76.4 Å². The number of hydrogen-bond donors (Lipinski definition) is 2. The maximum atomic E-state index is 13.5. The minimum absolute atomic E-state index is 0.0427. The van der Waals surface area contributed by atoms with Gasteiger partial charge >= 0.3 is 0 Å². The maximum Gasteiger partial charge on any atom is 0.237 e. The molecule has 210 valence electrons. The molecular weight excluding hydrogens is 511 g/mol. The number of amides is 1. The number of nitrogens with one attached hydrogen (secondary N) is 1. The zero-order chi connectivity index (χ0) is 27.4. The highest BCUT2D eigenvalue weighted by molar-refractivity contribution is 5.90. The van der Waals surface area contributed by atoms with Crippen LogP contribution in [0, 0.1) is 0 Å². The molecule has 7 heterocycles. The number of pyridine rings is 2. The number of nitrogens with zero attached hydrogens (tertiary/aromatic N) is 7. The van der Waals surface area contributed by atoms with Gasteiger partial charge in [0, 0.05) is 62.0 Å². The molecule has 2 atom stereocenters. The molecule has 4 aliphatic rings. The minimum Gasteiger partial charge on any atom is -0.387 e. The Bertz CT molecular complexity index is 1430. The van der Waals surface area contributed by atoms with Crippen molar-refractivity contribution in [2.24, 2.45) is 0 Å². The lowest BCUT2D eigenvalue weighted by Gasteiger charge is -2.30. The minimum atomic E-state index is -0.823. The molecular formula is C29H35FN8O2. The van der Waals surface area contributed by atoms with Crippen molar-refractivity contribution >= 4 is 34.4 Å². The van der Waals surface area contributed by atoms with Crippen molar-refractivity contribution in [1.82, 2.24) is 29.7 Å². The first-order valence-corrected chi connectivity index (χ1v) is 14.5. The zero-order valence-electron chi connectivity index (χ0n) is 22.8. The topological polar surface area (TPSA) is 111 Å². The number of aromatic nitrogens is 4. The Morgan fingerprint density at radius 3 is 2.65 bits per heavy atom. The fourth-order valence-corrected chi connectivity index (χ4v) is 6.79. The molecule has 0 aliphatic carbocycles. The molecule has 2 unspecified atom stereocenters. The van der Waals surface area contributed by atoms with Gasteiger partial charge in [-0.15, -0.1) is 0 Å². The second kappa shape index (κ2) is 10.2. The first-order chi connectivity index (χ1) is 19.4. The Hall–Kier alpha value is -3.44. The number of likely N-dealkylation sites (tertiary alicyclic amines) is 1. The van der Waals surface area contributed by atoms with E-state index in [0.717, 1.165) is 28.0 Å². The standard InChI is InChI=1S/C29H35FN8O2/c1-17(39)24-12-19-13-31-29(35-27(19)28(33-24)38-21-3-4-22(38)6-5-21)34-25-7-2-18-14-37(11-9-23(18)32-25)26(40)16-36-10-8-20(30)15-36/h2,7,12-13,17,20-22,39H,3-6,8-11,14-16H2,1H3,(H,31,32,34,35). The van der Waals surface area contributed by atoms with Crippen molar-refractivity contribution in [1.29, 1.82) is 0 Å². The molecule has 7 rings (SSSR count). The van der Waals surface area contributed by atoms with Crippen LogP contribution in [0.1, 0.15) is 62.1 Å². The van der Waals surface area contributed by atoms with Crippen LogP contribution in [0.25, 0.3) is 10.9 Å². The van der Waals surface area contributed by atoms with Crippen LogP contribution in [0.15, 0.2) is 24.4 Å². The van der Waals surface area contributed by atoms with Gasteiger partial charge in [0.15, 0.2) is 5.82 Å². The lowest BCUT2D eigenvalue weighted by atomic mass is 10.0. The van der Waals surface area contributed by atoms with Crippen LogP contribution in [0.4, 0.5) is 22.0 Å². The fourth-order valence-electron chi connectivity index (χ4n) is 6.79. The summed E-state index contributed by atoms with van der Waals surface area (Å²) < 4.78 is 13.5. The number of fused-ring (bicyclic) bond motifs is 4. The lowest BCUT2D eigenvalue weighted by Crippen LogP contribution is -2.42. The summed E-state index contributed by atoms with van der Waals surface area (Å²) in [5.74, 6) is 1.98. The lowest BCUT2D eigenvalue weighted by molar-refractivity contribution is -0.133. The Morgan fingerprint density at radius 1 is 1.12 bits per heavy atom. The third-order valence-corrected chi connectivity index (χ3v) is 8.91. The van der Waals surface area contributed by atoms with Gasteiger partial charge in [0.05, 0.1) is 18.3 Å². The van der Waals surface area contributed by atoms with E-state index < -0.39 is 12.3 Å². The molecule has 1 amide bonds. The van der Waals surface area contributed by atoms with Crippen LogP contribution in [-0.2, 0) is 17.8 Å². The molecule has 2 bridgehead atoms. The summed E-state index contributed by atoms with van der Waals surface area (Å²) in [4.78, 5) is 38.1. The molecule has 3 fully saturated rings. The number of anilines is 3. The Balaban J connectivity index is 1.10. The summed E-state index contributed by atoms with van der Waals surface area (Å²) in [6, 6.07) is 6.71. The fraction of sp³-hybridized carbons (Fsp3) is 0.552. The van der Waals surface area contributed by atoms with Gasteiger partial charge in [-0.1, -0.05) is 6.07 Å². The summed E-state index contributed by atoms with van der Waals surface area (Å²) in [6.45, 7) is 4.11. The molecule has 40 heavy (non-hydrogen) atoms. The van der Waals surface area contributed by atoms with Gasteiger partial charge in [0.25, 0.3) is 0 Å². The van der Waals surface area contributed by atoms with E-state index in [0.29, 0.717) is 68.6 Å². The van der Waals surface area contributed by atoms with Crippen molar-refractivity contribution in [2.75, 3.05) is 36.4 Å². The number of rotatable bonds is 6. The van der Waals surface area contributed by atoms with Crippen LogP contribution < -0.4 is 10.2 Å². The molecule has 3 aromatic rings. The molecule has 2 N–H and O–H groups in total. The second-order valence-corrected chi connectivity index (χ2v) is 11.7. The maximum absolute atomic E-state index is 13.5. The highest BCUT2D eigenvalue weighted by Crippen LogP contribution is 2.42. The van der Waals surface area contributed by atoms with Crippen molar-refractivity contribution in [3.8, 4) is 0 Å². The van der Waals surface area contributed by atoms with Crippen LogP contribution in [0.3, 0.4) is 0 Å². The predicted molar refractivity (Wildman–Crippen MR) is 149 cm³/mol. The third-order valence-electron chi connectivity index (χ3n) is 8.91. The van der Waals surface area contributed by atoms with Gasteiger partial charge < -0.3 is 20.2 Å². The smallest absolute Gasteiger partial charge is 0.237 e. The summed E-state index contributed by atoms with van der Waals surface area (Å²) in [5, 5.41) is 14.4. The molecule has 4 aliphatic heterocycles. The summed E-state index contributed by atoms with van der Waals surface area (Å²) in [5.41, 5.74) is 3.40. The summed E-state index contributed by atoms with van der Waals surface area (Å²) >= 11 is 0. The van der Waals surface area contributed by atoms with Crippen LogP contribution >= 0.6 is 0 Å². The van der Waals surface area contributed by atoms with Crippen LogP contribution in [0.5, 0.6) is 0 Å². The zero-order valence-corrected chi connectivity index (χ0v) is 22.8. The van der Waals surface area contributed by atoms with E-state index in [9.17, 15) is 14.3 Å². The number of aliphatic hydroxyl groups excluding tert-OH is 1. The summed E-state index contributed by atoms with van der Waals surface area (Å²) in [7, 11) is 0. The van der Waals surface area contributed by atoms with Gasteiger partial charge in [-0.3, -0.25) is 9.69 Å². The number of alkyl halides is 1. The molecule has 0 aromatic carbocycles. The van der Waals surface area contributed by atoms with E-state index in [2.05, 4.69) is 15.2 Å². The SMILES string of the molecule is CC(O)c1cc2cnc(Nc3ccc4c(n3)CCN(C(=O)CN3CCC(F)C3)C4)nc2c(N2C3CCC2CC3)n1. The van der Waals surface area contributed by atoms with E-state index in [4.69, 9.17) is 15.0 Å². The van der Waals surface area contributed by atoms with Crippen molar-refractivity contribution in [3.05, 3.63) is 41.3 Å². The van der Waals surface area contributed by atoms with Crippen molar-refractivity contribution in [3.63, 3.8) is 0 Å². The molecule has 10 nitrogen and oxygen atoms in total. The molecule has 3 aromatic heterocycles.